The zero-order chi connectivity index (χ0) is 19.2. The van der Waals surface area contributed by atoms with Crippen LogP contribution in [-0.2, 0) is 0 Å². The molecule has 1 unspecified atom stereocenters. The number of carbonyl (C=O) groups is 1. The molecule has 144 valence electrons. The predicted molar refractivity (Wildman–Crippen MR) is 104 cm³/mol. The molecule has 0 aromatic heterocycles. The van der Waals surface area contributed by atoms with Gasteiger partial charge in [-0.25, -0.2) is 0 Å². The van der Waals surface area contributed by atoms with Crippen LogP contribution in [0.25, 0.3) is 0 Å². The van der Waals surface area contributed by atoms with Crippen molar-refractivity contribution < 1.29 is 19.4 Å². The first-order valence-electron chi connectivity index (χ1n) is 9.15. The molecule has 2 N–H and O–H groups in total. The first-order chi connectivity index (χ1) is 13.1. The lowest BCUT2D eigenvalue weighted by Gasteiger charge is -2.28. The number of nitrogens with one attached hydrogen (secondary N) is 1. The van der Waals surface area contributed by atoms with Gasteiger partial charge in [-0.2, -0.15) is 0 Å². The highest BCUT2D eigenvalue weighted by Crippen LogP contribution is 2.27. The molecule has 1 saturated heterocycles. The Kier molecular flexibility index (Phi) is 6.19. The van der Waals surface area contributed by atoms with Gasteiger partial charge in [0.15, 0.2) is 0 Å². The van der Waals surface area contributed by atoms with Crippen molar-refractivity contribution in [3.05, 3.63) is 53.6 Å². The van der Waals surface area contributed by atoms with E-state index < -0.39 is 0 Å². The summed E-state index contributed by atoms with van der Waals surface area (Å²) < 4.78 is 10.4. The minimum Gasteiger partial charge on any atom is -0.507 e. The Hall–Kier alpha value is -2.73. The normalized spacial score (nSPS) is 15.3. The molecule has 3 rings (SSSR count). The highest BCUT2D eigenvalue weighted by molar-refractivity contribution is 5.97. The molecule has 6 heteroatoms. The van der Waals surface area contributed by atoms with Crippen LogP contribution in [0.1, 0.15) is 34.8 Å². The van der Waals surface area contributed by atoms with Crippen molar-refractivity contribution in [3.63, 3.8) is 0 Å². The molecule has 0 aliphatic carbocycles. The van der Waals surface area contributed by atoms with Gasteiger partial charge in [0.2, 0.25) is 0 Å². The summed E-state index contributed by atoms with van der Waals surface area (Å²) in [5.41, 5.74) is 1.34. The quantitative estimate of drug-likeness (QED) is 0.784. The number of benzene rings is 2. The fourth-order valence-electron chi connectivity index (χ4n) is 3.45. The third-order valence-electron chi connectivity index (χ3n) is 4.99. The summed E-state index contributed by atoms with van der Waals surface area (Å²) in [5, 5.41) is 13.0. The summed E-state index contributed by atoms with van der Waals surface area (Å²) in [4.78, 5) is 15.0. The summed E-state index contributed by atoms with van der Waals surface area (Å²) in [6.07, 6.45) is 2.33. The number of amides is 1. The SMILES string of the molecule is COc1ccc(C(CNC(=O)c2cc(OC)ccc2O)N2CCCC2)cc1. The van der Waals surface area contributed by atoms with Gasteiger partial charge < -0.3 is 19.9 Å². The van der Waals surface area contributed by atoms with Gasteiger partial charge >= 0.3 is 0 Å². The lowest BCUT2D eigenvalue weighted by atomic mass is 10.0. The van der Waals surface area contributed by atoms with Gasteiger partial charge in [0, 0.05) is 6.54 Å². The van der Waals surface area contributed by atoms with E-state index in [1.807, 2.05) is 24.3 Å². The van der Waals surface area contributed by atoms with E-state index in [1.165, 1.54) is 13.2 Å². The van der Waals surface area contributed by atoms with Crippen molar-refractivity contribution in [3.8, 4) is 17.2 Å². The van der Waals surface area contributed by atoms with Gasteiger partial charge in [0.25, 0.3) is 5.91 Å². The average molecular weight is 370 g/mol. The number of aromatic hydroxyl groups is 1. The third kappa shape index (κ3) is 4.52. The van der Waals surface area contributed by atoms with Crippen LogP contribution in [0.3, 0.4) is 0 Å². The van der Waals surface area contributed by atoms with E-state index in [0.717, 1.165) is 37.2 Å². The number of hydrogen-bond donors (Lipinski definition) is 2. The number of phenols is 1. The van der Waals surface area contributed by atoms with Crippen molar-refractivity contribution in [1.29, 1.82) is 0 Å². The fourth-order valence-corrected chi connectivity index (χ4v) is 3.45. The first-order valence-corrected chi connectivity index (χ1v) is 9.15. The van der Waals surface area contributed by atoms with E-state index in [0.29, 0.717) is 12.3 Å². The Bertz CT molecular complexity index is 770. The van der Waals surface area contributed by atoms with Crippen molar-refractivity contribution in [2.24, 2.45) is 0 Å². The highest BCUT2D eigenvalue weighted by Gasteiger charge is 2.24. The van der Waals surface area contributed by atoms with Gasteiger partial charge in [0.1, 0.15) is 17.2 Å². The molecule has 2 aromatic carbocycles. The van der Waals surface area contributed by atoms with Crippen LogP contribution in [0.2, 0.25) is 0 Å². The summed E-state index contributed by atoms with van der Waals surface area (Å²) >= 11 is 0. The van der Waals surface area contributed by atoms with Gasteiger partial charge in [0.05, 0.1) is 25.8 Å². The molecule has 6 nitrogen and oxygen atoms in total. The molecule has 2 aromatic rings. The number of likely N-dealkylation sites (tertiary alicyclic amines) is 1. The van der Waals surface area contributed by atoms with Crippen LogP contribution in [-0.4, -0.2) is 49.8 Å². The van der Waals surface area contributed by atoms with Crippen molar-refractivity contribution in [2.75, 3.05) is 33.9 Å². The van der Waals surface area contributed by atoms with Crippen LogP contribution in [0.4, 0.5) is 0 Å². The number of rotatable bonds is 7. The Labute approximate surface area is 159 Å². The van der Waals surface area contributed by atoms with Crippen molar-refractivity contribution in [2.45, 2.75) is 18.9 Å². The van der Waals surface area contributed by atoms with E-state index in [1.54, 1.807) is 19.2 Å². The smallest absolute Gasteiger partial charge is 0.255 e. The van der Waals surface area contributed by atoms with Crippen LogP contribution < -0.4 is 14.8 Å². The highest BCUT2D eigenvalue weighted by atomic mass is 16.5. The monoisotopic (exact) mass is 370 g/mol. The summed E-state index contributed by atoms with van der Waals surface area (Å²) in [5.74, 6) is 0.966. The van der Waals surface area contributed by atoms with Gasteiger partial charge in [-0.1, -0.05) is 12.1 Å². The number of methoxy groups -OCH3 is 2. The van der Waals surface area contributed by atoms with Crippen molar-refractivity contribution >= 4 is 5.91 Å². The van der Waals surface area contributed by atoms with Crippen molar-refractivity contribution in [1.82, 2.24) is 10.2 Å². The molecule has 1 amide bonds. The van der Waals surface area contributed by atoms with Crippen LogP contribution in [0.15, 0.2) is 42.5 Å². The van der Waals surface area contributed by atoms with Gasteiger partial charge in [-0.15, -0.1) is 0 Å². The molecular formula is C21H26N2O4. The minimum atomic E-state index is -0.316. The van der Waals surface area contributed by atoms with E-state index in [2.05, 4.69) is 10.2 Å². The molecule has 1 heterocycles. The molecule has 1 aliphatic heterocycles. The van der Waals surface area contributed by atoms with Crippen LogP contribution >= 0.6 is 0 Å². The largest absolute Gasteiger partial charge is 0.507 e. The molecule has 1 aliphatic rings. The zero-order valence-corrected chi connectivity index (χ0v) is 15.8. The number of carbonyl (C=O) groups excluding carboxylic acids is 1. The molecule has 0 saturated carbocycles. The Morgan fingerprint density at radius 3 is 2.33 bits per heavy atom. The minimum absolute atomic E-state index is 0.0598. The van der Waals surface area contributed by atoms with E-state index in [9.17, 15) is 9.90 Å². The Morgan fingerprint density at radius 1 is 1.07 bits per heavy atom. The maximum absolute atomic E-state index is 12.6. The second-order valence-corrected chi connectivity index (χ2v) is 6.63. The Balaban J connectivity index is 1.75. The first kappa shape index (κ1) is 19.0. The van der Waals surface area contributed by atoms with Crippen LogP contribution in [0, 0.1) is 0 Å². The standard InChI is InChI=1S/C21H26N2O4/c1-26-16-7-5-15(6-8-16)19(23-11-3-4-12-23)14-22-21(25)18-13-17(27-2)9-10-20(18)24/h5-10,13,19,24H,3-4,11-12,14H2,1-2H3,(H,22,25). The molecule has 0 spiro atoms. The molecule has 1 fully saturated rings. The zero-order valence-electron chi connectivity index (χ0n) is 15.8. The summed E-state index contributed by atoms with van der Waals surface area (Å²) in [6.45, 7) is 2.48. The third-order valence-corrected chi connectivity index (χ3v) is 4.99. The second-order valence-electron chi connectivity index (χ2n) is 6.63. The summed E-state index contributed by atoms with van der Waals surface area (Å²) in [7, 11) is 3.18. The van der Waals surface area contributed by atoms with Gasteiger partial charge in [-0.05, 0) is 61.8 Å². The fraction of sp³-hybridized carbons (Fsp3) is 0.381. The topological polar surface area (TPSA) is 71.0 Å². The summed E-state index contributed by atoms with van der Waals surface area (Å²) in [6, 6.07) is 12.7. The lowest BCUT2D eigenvalue weighted by Crippen LogP contribution is -2.36. The predicted octanol–water partition coefficient (Wildman–Crippen LogP) is 2.98. The van der Waals surface area contributed by atoms with E-state index >= 15 is 0 Å². The number of ether oxygens (including phenoxy) is 2. The molecule has 27 heavy (non-hydrogen) atoms. The number of nitrogens with zero attached hydrogens (tertiary/aromatic N) is 1. The van der Waals surface area contributed by atoms with E-state index in [4.69, 9.17) is 9.47 Å². The lowest BCUT2D eigenvalue weighted by molar-refractivity contribution is 0.0935. The van der Waals surface area contributed by atoms with E-state index in [-0.39, 0.29) is 23.3 Å². The maximum atomic E-state index is 12.6. The van der Waals surface area contributed by atoms with Gasteiger partial charge in [-0.3, -0.25) is 9.69 Å². The number of phenolic OH excluding ortho intramolecular Hbond substituents is 1. The van der Waals surface area contributed by atoms with Crippen LogP contribution in [0.5, 0.6) is 17.2 Å². The average Bonchev–Trinajstić information content (AvgIpc) is 3.23. The number of hydrogen-bond acceptors (Lipinski definition) is 5. The maximum Gasteiger partial charge on any atom is 0.255 e. The molecular weight excluding hydrogens is 344 g/mol. The molecule has 0 bridgehead atoms. The molecule has 1 atom stereocenters. The Morgan fingerprint density at radius 2 is 1.70 bits per heavy atom. The second kappa shape index (κ2) is 8.77. The molecule has 0 radical (unpaired) electrons.